The number of rotatable bonds is 2. The average Bonchev–Trinajstić information content (AvgIpc) is 2.69. The monoisotopic (exact) mass is 201 g/mol. The lowest BCUT2D eigenvalue weighted by Crippen LogP contribution is -2.28. The Hall–Kier alpha value is -1.61. The summed E-state index contributed by atoms with van der Waals surface area (Å²) in [6.45, 7) is 3.99. The predicted molar refractivity (Wildman–Crippen MR) is 61.2 cm³/mol. The maximum Gasteiger partial charge on any atom is 0.137 e. The summed E-state index contributed by atoms with van der Waals surface area (Å²) < 4.78 is 0. The Bertz CT molecular complexity index is 421. The molecule has 0 saturated carbocycles. The molecule has 0 aliphatic heterocycles. The first-order valence-corrected chi connectivity index (χ1v) is 4.96. The second kappa shape index (κ2) is 3.51. The largest absolute Gasteiger partial charge is 0.345 e. The van der Waals surface area contributed by atoms with Gasteiger partial charge in [0, 0.05) is 23.5 Å². The van der Waals surface area contributed by atoms with E-state index in [1.807, 2.05) is 44.3 Å². The second-order valence-corrected chi connectivity index (χ2v) is 4.24. The van der Waals surface area contributed by atoms with Gasteiger partial charge in [0.1, 0.15) is 5.82 Å². The number of H-pyrrole nitrogens is 1. The van der Waals surface area contributed by atoms with Gasteiger partial charge in [-0.2, -0.15) is 0 Å². The van der Waals surface area contributed by atoms with Gasteiger partial charge in [0.05, 0.1) is 0 Å². The van der Waals surface area contributed by atoms with E-state index in [0.29, 0.717) is 0 Å². The van der Waals surface area contributed by atoms with E-state index >= 15 is 0 Å². The molecule has 15 heavy (non-hydrogen) atoms. The third-order valence-corrected chi connectivity index (χ3v) is 2.40. The van der Waals surface area contributed by atoms with Gasteiger partial charge in [0.25, 0.3) is 0 Å². The number of nitrogens with two attached hydrogens (primary N) is 1. The summed E-state index contributed by atoms with van der Waals surface area (Å²) in [6.07, 6.45) is 3.56. The standard InChI is InChI=1S/C12H15N3/c1-12(2,13)10-5-3-9(4-6-10)11-14-7-8-15-11/h3-8H,13H2,1-2H3,(H,14,15). The van der Waals surface area contributed by atoms with Gasteiger partial charge in [-0.15, -0.1) is 0 Å². The zero-order chi connectivity index (χ0) is 10.9. The van der Waals surface area contributed by atoms with E-state index in [4.69, 9.17) is 5.73 Å². The van der Waals surface area contributed by atoms with E-state index in [9.17, 15) is 0 Å². The molecule has 3 nitrogen and oxygen atoms in total. The van der Waals surface area contributed by atoms with Gasteiger partial charge < -0.3 is 10.7 Å². The summed E-state index contributed by atoms with van der Waals surface area (Å²) >= 11 is 0. The topological polar surface area (TPSA) is 54.7 Å². The van der Waals surface area contributed by atoms with Gasteiger partial charge in [-0.1, -0.05) is 24.3 Å². The molecule has 2 rings (SSSR count). The van der Waals surface area contributed by atoms with E-state index in [1.54, 1.807) is 6.20 Å². The van der Waals surface area contributed by atoms with Crippen LogP contribution in [0.2, 0.25) is 0 Å². The van der Waals surface area contributed by atoms with Crippen LogP contribution in [0.15, 0.2) is 36.7 Å². The number of nitrogens with zero attached hydrogens (tertiary/aromatic N) is 1. The Morgan fingerprint density at radius 1 is 1.20 bits per heavy atom. The van der Waals surface area contributed by atoms with Crippen LogP contribution in [0.5, 0.6) is 0 Å². The summed E-state index contributed by atoms with van der Waals surface area (Å²) in [5.41, 5.74) is 7.91. The molecule has 0 spiro atoms. The van der Waals surface area contributed by atoms with Gasteiger partial charge in [-0.3, -0.25) is 0 Å². The van der Waals surface area contributed by atoms with E-state index in [1.165, 1.54) is 0 Å². The van der Waals surface area contributed by atoms with Crippen LogP contribution in [0.1, 0.15) is 19.4 Å². The van der Waals surface area contributed by atoms with Gasteiger partial charge in [0.2, 0.25) is 0 Å². The molecule has 3 heteroatoms. The third kappa shape index (κ3) is 2.07. The fraction of sp³-hybridized carbons (Fsp3) is 0.250. The van der Waals surface area contributed by atoms with Crippen molar-refractivity contribution in [3.05, 3.63) is 42.2 Å². The summed E-state index contributed by atoms with van der Waals surface area (Å²) in [7, 11) is 0. The van der Waals surface area contributed by atoms with E-state index in [-0.39, 0.29) is 5.54 Å². The second-order valence-electron chi connectivity index (χ2n) is 4.24. The number of nitrogens with one attached hydrogen (secondary N) is 1. The van der Waals surface area contributed by atoms with Crippen LogP contribution in [0.3, 0.4) is 0 Å². The lowest BCUT2D eigenvalue weighted by atomic mass is 9.95. The molecule has 0 aliphatic rings. The minimum absolute atomic E-state index is 0.290. The predicted octanol–water partition coefficient (Wildman–Crippen LogP) is 2.27. The zero-order valence-corrected chi connectivity index (χ0v) is 8.99. The van der Waals surface area contributed by atoms with Crippen LogP contribution in [0, 0.1) is 0 Å². The van der Waals surface area contributed by atoms with Crippen LogP contribution in [-0.4, -0.2) is 9.97 Å². The molecule has 1 heterocycles. The highest BCUT2D eigenvalue weighted by Gasteiger charge is 2.13. The molecule has 0 atom stereocenters. The van der Waals surface area contributed by atoms with Gasteiger partial charge in [-0.25, -0.2) is 4.98 Å². The first-order valence-electron chi connectivity index (χ1n) is 4.96. The van der Waals surface area contributed by atoms with E-state index in [2.05, 4.69) is 9.97 Å². The van der Waals surface area contributed by atoms with Crippen LogP contribution in [0.4, 0.5) is 0 Å². The molecule has 3 N–H and O–H groups in total. The SMILES string of the molecule is CC(C)(N)c1ccc(-c2ncc[nH]2)cc1. The van der Waals surface area contributed by atoms with E-state index in [0.717, 1.165) is 17.0 Å². The molecule has 1 aromatic heterocycles. The van der Waals surface area contributed by atoms with Crippen molar-refractivity contribution in [2.45, 2.75) is 19.4 Å². The highest BCUT2D eigenvalue weighted by molar-refractivity contribution is 5.55. The minimum atomic E-state index is -0.290. The number of imidazole rings is 1. The van der Waals surface area contributed by atoms with Crippen molar-refractivity contribution in [3.8, 4) is 11.4 Å². The Kier molecular flexibility index (Phi) is 2.32. The molecular weight excluding hydrogens is 186 g/mol. The maximum atomic E-state index is 6.00. The molecule has 0 aliphatic carbocycles. The molecular formula is C12H15N3. The Morgan fingerprint density at radius 2 is 1.87 bits per heavy atom. The fourth-order valence-electron chi connectivity index (χ4n) is 1.48. The first-order chi connectivity index (χ1) is 7.07. The first kappa shape index (κ1) is 9.93. The molecule has 0 unspecified atom stereocenters. The number of benzene rings is 1. The average molecular weight is 201 g/mol. The molecule has 0 fully saturated rings. The lowest BCUT2D eigenvalue weighted by Gasteiger charge is -2.19. The van der Waals surface area contributed by atoms with Gasteiger partial charge >= 0.3 is 0 Å². The third-order valence-electron chi connectivity index (χ3n) is 2.40. The van der Waals surface area contributed by atoms with Crippen LogP contribution < -0.4 is 5.73 Å². The Morgan fingerprint density at radius 3 is 2.33 bits per heavy atom. The van der Waals surface area contributed by atoms with Gasteiger partial charge in [-0.05, 0) is 19.4 Å². The van der Waals surface area contributed by atoms with E-state index < -0.39 is 0 Å². The number of aromatic amines is 1. The quantitative estimate of drug-likeness (QED) is 0.783. The van der Waals surface area contributed by atoms with Crippen molar-refractivity contribution in [3.63, 3.8) is 0 Å². The van der Waals surface area contributed by atoms with Crippen molar-refractivity contribution in [2.75, 3.05) is 0 Å². The zero-order valence-electron chi connectivity index (χ0n) is 8.99. The minimum Gasteiger partial charge on any atom is -0.345 e. The van der Waals surface area contributed by atoms with Crippen molar-refractivity contribution >= 4 is 0 Å². The number of hydrogen-bond donors (Lipinski definition) is 2. The van der Waals surface area contributed by atoms with Crippen molar-refractivity contribution in [2.24, 2.45) is 5.73 Å². The summed E-state index contributed by atoms with van der Waals surface area (Å²) in [6, 6.07) is 8.14. The summed E-state index contributed by atoms with van der Waals surface area (Å²) in [5, 5.41) is 0. The fourth-order valence-corrected chi connectivity index (χ4v) is 1.48. The van der Waals surface area contributed by atoms with Crippen molar-refractivity contribution < 1.29 is 0 Å². The number of aromatic nitrogens is 2. The van der Waals surface area contributed by atoms with Crippen LogP contribution in [0.25, 0.3) is 11.4 Å². The molecule has 0 amide bonds. The lowest BCUT2D eigenvalue weighted by molar-refractivity contribution is 0.554. The Labute approximate surface area is 89.4 Å². The smallest absolute Gasteiger partial charge is 0.137 e. The van der Waals surface area contributed by atoms with Crippen molar-refractivity contribution in [1.82, 2.24) is 9.97 Å². The summed E-state index contributed by atoms with van der Waals surface area (Å²) in [4.78, 5) is 7.26. The summed E-state index contributed by atoms with van der Waals surface area (Å²) in [5.74, 6) is 0.886. The molecule has 2 aromatic rings. The molecule has 1 aromatic carbocycles. The molecule has 0 saturated heterocycles. The highest BCUT2D eigenvalue weighted by atomic mass is 14.9. The molecule has 78 valence electrons. The maximum absolute atomic E-state index is 6.00. The van der Waals surface area contributed by atoms with Gasteiger partial charge in [0.15, 0.2) is 0 Å². The van der Waals surface area contributed by atoms with Crippen LogP contribution in [-0.2, 0) is 5.54 Å². The highest BCUT2D eigenvalue weighted by Crippen LogP contribution is 2.20. The van der Waals surface area contributed by atoms with Crippen molar-refractivity contribution in [1.29, 1.82) is 0 Å². The Balaban J connectivity index is 2.33. The van der Waals surface area contributed by atoms with Crippen LogP contribution >= 0.6 is 0 Å². The molecule has 0 radical (unpaired) electrons. The number of hydrogen-bond acceptors (Lipinski definition) is 2. The normalized spacial score (nSPS) is 11.7. The molecule has 0 bridgehead atoms.